The maximum absolute atomic E-state index is 12.1. The second-order valence-electron chi connectivity index (χ2n) is 7.55. The molecule has 26 heavy (non-hydrogen) atoms. The lowest BCUT2D eigenvalue weighted by Gasteiger charge is -2.28. The summed E-state index contributed by atoms with van der Waals surface area (Å²) in [5.41, 5.74) is 1.11. The summed E-state index contributed by atoms with van der Waals surface area (Å²) in [7, 11) is 0. The molecule has 2 bridgehead atoms. The highest BCUT2D eigenvalue weighted by atomic mass is 79.9. The van der Waals surface area contributed by atoms with Crippen LogP contribution >= 0.6 is 27.7 Å². The Bertz CT molecular complexity index is 681. The van der Waals surface area contributed by atoms with E-state index in [1.807, 2.05) is 25.1 Å². The number of benzene rings is 1. The molecule has 4 unspecified atom stereocenters. The molecule has 2 aliphatic rings. The Kier molecular flexibility index (Phi) is 6.67. The molecule has 4 atom stereocenters. The van der Waals surface area contributed by atoms with E-state index >= 15 is 0 Å². The van der Waals surface area contributed by atoms with Crippen LogP contribution in [-0.2, 0) is 14.3 Å². The number of thioether (sulfide) groups is 1. The number of aryl methyl sites for hydroxylation is 1. The van der Waals surface area contributed by atoms with Crippen LogP contribution in [0.2, 0.25) is 0 Å². The zero-order chi connectivity index (χ0) is 18.7. The van der Waals surface area contributed by atoms with Crippen LogP contribution in [0.25, 0.3) is 0 Å². The van der Waals surface area contributed by atoms with Crippen molar-refractivity contribution < 1.29 is 14.3 Å². The summed E-state index contributed by atoms with van der Waals surface area (Å²) in [6.45, 7) is 3.89. The minimum atomic E-state index is -0.361. The first kappa shape index (κ1) is 19.7. The smallest absolute Gasteiger partial charge is 0.316 e. The predicted molar refractivity (Wildman–Crippen MR) is 107 cm³/mol. The van der Waals surface area contributed by atoms with Crippen molar-refractivity contribution in [2.24, 2.45) is 17.8 Å². The van der Waals surface area contributed by atoms with E-state index < -0.39 is 0 Å². The van der Waals surface area contributed by atoms with Crippen LogP contribution in [-0.4, -0.2) is 30.3 Å². The molecule has 0 heterocycles. The average molecular weight is 440 g/mol. The van der Waals surface area contributed by atoms with E-state index in [4.69, 9.17) is 4.74 Å². The van der Waals surface area contributed by atoms with Crippen molar-refractivity contribution >= 4 is 39.6 Å². The Balaban J connectivity index is 1.36. The number of carbonyl (C=O) groups is 2. The third kappa shape index (κ3) is 5.03. The molecule has 2 saturated carbocycles. The van der Waals surface area contributed by atoms with Crippen molar-refractivity contribution in [3.05, 3.63) is 28.2 Å². The molecule has 2 aliphatic carbocycles. The third-order valence-electron chi connectivity index (χ3n) is 5.67. The van der Waals surface area contributed by atoms with Gasteiger partial charge in [0.15, 0.2) is 6.61 Å². The van der Waals surface area contributed by atoms with Gasteiger partial charge in [0.25, 0.3) is 5.91 Å². The van der Waals surface area contributed by atoms with Crippen LogP contribution in [0.1, 0.15) is 38.2 Å². The molecule has 142 valence electrons. The zero-order valence-electron chi connectivity index (χ0n) is 15.3. The average Bonchev–Trinajstić information content (AvgIpc) is 3.22. The van der Waals surface area contributed by atoms with Crippen LogP contribution < -0.4 is 5.32 Å². The molecule has 0 aromatic heterocycles. The second-order valence-corrected chi connectivity index (χ2v) is 9.49. The number of nitrogens with one attached hydrogen (secondary N) is 1. The zero-order valence-corrected chi connectivity index (χ0v) is 17.7. The molecule has 1 aromatic rings. The fourth-order valence-electron chi connectivity index (χ4n) is 4.41. The quantitative estimate of drug-likeness (QED) is 0.507. The summed E-state index contributed by atoms with van der Waals surface area (Å²) in [5.74, 6) is 1.87. The first-order chi connectivity index (χ1) is 12.4. The number of hydrogen-bond acceptors (Lipinski definition) is 4. The number of hydrogen-bond donors (Lipinski definition) is 1. The van der Waals surface area contributed by atoms with E-state index in [1.165, 1.54) is 37.4 Å². The number of amides is 1. The van der Waals surface area contributed by atoms with E-state index in [1.54, 1.807) is 0 Å². The highest BCUT2D eigenvalue weighted by molar-refractivity contribution is 9.10. The Morgan fingerprint density at radius 2 is 2.15 bits per heavy atom. The second kappa shape index (κ2) is 8.79. The molecule has 0 saturated heterocycles. The SMILES string of the molecule is Cc1cc(Br)ccc1SCC(=O)OCC(=O)NC(C)C1CC2CCC1C2. The van der Waals surface area contributed by atoms with Crippen molar-refractivity contribution in [3.8, 4) is 0 Å². The predicted octanol–water partition coefficient (Wildman–Crippen LogP) is 4.33. The van der Waals surface area contributed by atoms with Gasteiger partial charge in [0.05, 0.1) is 5.75 Å². The standard InChI is InChI=1S/C20H26BrNO3S/c1-12-7-16(21)5-6-18(12)26-11-20(24)25-10-19(23)22-13(2)17-9-14-3-4-15(17)8-14/h5-7,13-15,17H,3-4,8-11H2,1-2H3,(H,22,23). The molecule has 1 amide bonds. The van der Waals surface area contributed by atoms with Gasteiger partial charge in [-0.1, -0.05) is 22.4 Å². The summed E-state index contributed by atoms with van der Waals surface area (Å²) in [4.78, 5) is 25.0. The van der Waals surface area contributed by atoms with Crippen molar-refractivity contribution in [3.63, 3.8) is 0 Å². The topological polar surface area (TPSA) is 55.4 Å². The molecule has 0 spiro atoms. The van der Waals surface area contributed by atoms with Crippen molar-refractivity contribution in [2.75, 3.05) is 12.4 Å². The Hall–Kier alpha value is -1.01. The highest BCUT2D eigenvalue weighted by Gasteiger charge is 2.42. The molecule has 2 fully saturated rings. The maximum atomic E-state index is 12.1. The summed E-state index contributed by atoms with van der Waals surface area (Å²) in [6, 6.07) is 6.10. The van der Waals surface area contributed by atoms with E-state index in [-0.39, 0.29) is 30.3 Å². The molecule has 6 heteroatoms. The largest absolute Gasteiger partial charge is 0.455 e. The van der Waals surface area contributed by atoms with Gasteiger partial charge < -0.3 is 10.1 Å². The van der Waals surface area contributed by atoms with Crippen molar-refractivity contribution in [1.82, 2.24) is 5.32 Å². The molecular weight excluding hydrogens is 414 g/mol. The molecular formula is C20H26BrNO3S. The molecule has 0 radical (unpaired) electrons. The van der Waals surface area contributed by atoms with Crippen LogP contribution in [0, 0.1) is 24.7 Å². The van der Waals surface area contributed by atoms with E-state index in [0.29, 0.717) is 5.92 Å². The van der Waals surface area contributed by atoms with Gasteiger partial charge in [-0.15, -0.1) is 11.8 Å². The van der Waals surface area contributed by atoms with E-state index in [0.717, 1.165) is 26.8 Å². The van der Waals surface area contributed by atoms with E-state index in [9.17, 15) is 9.59 Å². The van der Waals surface area contributed by atoms with Crippen LogP contribution in [0.15, 0.2) is 27.6 Å². The number of ether oxygens (including phenoxy) is 1. The number of esters is 1. The molecule has 1 N–H and O–H groups in total. The fourth-order valence-corrected chi connectivity index (χ4v) is 5.69. The minimum Gasteiger partial charge on any atom is -0.455 e. The molecule has 1 aromatic carbocycles. The van der Waals surface area contributed by atoms with Crippen LogP contribution in [0.3, 0.4) is 0 Å². The van der Waals surface area contributed by atoms with Crippen molar-refractivity contribution in [1.29, 1.82) is 0 Å². The van der Waals surface area contributed by atoms with Gasteiger partial charge in [-0.25, -0.2) is 0 Å². The lowest BCUT2D eigenvalue weighted by Crippen LogP contribution is -2.42. The van der Waals surface area contributed by atoms with Crippen LogP contribution in [0.4, 0.5) is 0 Å². The summed E-state index contributed by atoms with van der Waals surface area (Å²) < 4.78 is 6.15. The maximum Gasteiger partial charge on any atom is 0.316 e. The number of fused-ring (bicyclic) bond motifs is 2. The number of carbonyl (C=O) groups excluding carboxylic acids is 2. The van der Waals surface area contributed by atoms with Gasteiger partial charge in [-0.2, -0.15) is 0 Å². The lowest BCUT2D eigenvalue weighted by atomic mass is 9.84. The van der Waals surface area contributed by atoms with E-state index in [2.05, 4.69) is 28.2 Å². The number of halogens is 1. The highest BCUT2D eigenvalue weighted by Crippen LogP contribution is 2.49. The van der Waals surface area contributed by atoms with Gasteiger partial charge >= 0.3 is 5.97 Å². The van der Waals surface area contributed by atoms with Gasteiger partial charge in [0.1, 0.15) is 0 Å². The Morgan fingerprint density at radius 1 is 1.35 bits per heavy atom. The summed E-state index contributed by atoms with van der Waals surface area (Å²) in [5, 5.41) is 3.02. The summed E-state index contributed by atoms with van der Waals surface area (Å²) in [6.07, 6.45) is 5.22. The number of rotatable bonds is 7. The van der Waals surface area contributed by atoms with Gasteiger partial charge in [0, 0.05) is 15.4 Å². The van der Waals surface area contributed by atoms with Crippen molar-refractivity contribution in [2.45, 2.75) is 50.5 Å². The third-order valence-corrected chi connectivity index (χ3v) is 7.31. The summed E-state index contributed by atoms with van der Waals surface area (Å²) >= 11 is 4.86. The Morgan fingerprint density at radius 3 is 2.81 bits per heavy atom. The Labute approximate surface area is 168 Å². The van der Waals surface area contributed by atoms with Gasteiger partial charge in [-0.3, -0.25) is 9.59 Å². The minimum absolute atomic E-state index is 0.163. The van der Waals surface area contributed by atoms with Crippen LogP contribution in [0.5, 0.6) is 0 Å². The van der Waals surface area contributed by atoms with Gasteiger partial charge in [-0.05, 0) is 74.6 Å². The van der Waals surface area contributed by atoms with Gasteiger partial charge in [0.2, 0.25) is 0 Å². The first-order valence-corrected chi connectivity index (χ1v) is 11.0. The fraction of sp³-hybridized carbons (Fsp3) is 0.600. The molecule has 3 rings (SSSR count). The first-order valence-electron chi connectivity index (χ1n) is 9.26. The lowest BCUT2D eigenvalue weighted by molar-refractivity contribution is -0.146. The monoisotopic (exact) mass is 439 g/mol. The molecule has 0 aliphatic heterocycles. The molecule has 4 nitrogen and oxygen atoms in total. The normalized spacial score (nSPS) is 25.1.